The number of anilines is 2. The number of fused-ring (bicyclic) bond motifs is 2. The minimum absolute atomic E-state index is 0.240. The molecule has 0 atom stereocenters. The molecule has 0 aliphatic carbocycles. The zero-order chi connectivity index (χ0) is 20.7. The summed E-state index contributed by atoms with van der Waals surface area (Å²) in [5.74, 6) is 0.540. The van der Waals surface area contributed by atoms with Crippen molar-refractivity contribution in [3.63, 3.8) is 0 Å². The van der Waals surface area contributed by atoms with Crippen molar-refractivity contribution in [1.82, 2.24) is 0 Å². The zero-order valence-electron chi connectivity index (χ0n) is 15.8. The Balaban J connectivity index is 1.44. The van der Waals surface area contributed by atoms with Crippen LogP contribution in [-0.4, -0.2) is 15.1 Å². The largest absolute Gasteiger partial charge is 0.446 e. The van der Waals surface area contributed by atoms with Crippen LogP contribution < -0.4 is 26.1 Å². The maximum atomic E-state index is 13.0. The fourth-order valence-electron chi connectivity index (χ4n) is 3.55. The second kappa shape index (κ2) is 6.93. The number of nitrogens with one attached hydrogen (secondary N) is 1. The third-order valence-corrected chi connectivity index (χ3v) is 6.48. The van der Waals surface area contributed by atoms with Crippen LogP contribution in [0.1, 0.15) is 0 Å². The Morgan fingerprint density at radius 3 is 2.57 bits per heavy atom. The van der Waals surface area contributed by atoms with Crippen molar-refractivity contribution in [3.8, 4) is 0 Å². The molecule has 8 heteroatoms. The quantitative estimate of drug-likeness (QED) is 0.530. The predicted molar refractivity (Wildman–Crippen MR) is 116 cm³/mol. The summed E-state index contributed by atoms with van der Waals surface area (Å²) in [6.45, 7) is 0.327. The normalized spacial score (nSPS) is 13.7. The van der Waals surface area contributed by atoms with Crippen molar-refractivity contribution in [3.05, 3.63) is 89.8 Å². The molecule has 0 unspecified atom stereocenters. The molecule has 5 rings (SSSR count). The van der Waals surface area contributed by atoms with E-state index in [1.165, 1.54) is 0 Å². The monoisotopic (exact) mass is 418 g/mol. The van der Waals surface area contributed by atoms with Gasteiger partial charge in [-0.1, -0.05) is 36.4 Å². The predicted octanol–water partition coefficient (Wildman–Crippen LogP) is 2.36. The number of nitrogens with zero attached hydrogens (tertiary/aromatic N) is 2. The van der Waals surface area contributed by atoms with Crippen LogP contribution in [-0.2, 0) is 10.0 Å². The molecule has 0 bridgehead atoms. The van der Waals surface area contributed by atoms with E-state index in [4.69, 9.17) is 10.2 Å². The molecule has 0 saturated carbocycles. The van der Waals surface area contributed by atoms with Gasteiger partial charge in [0.25, 0.3) is 10.0 Å². The summed E-state index contributed by atoms with van der Waals surface area (Å²) < 4.78 is 33.9. The van der Waals surface area contributed by atoms with Crippen molar-refractivity contribution in [1.29, 1.82) is 0 Å². The average molecular weight is 418 g/mol. The van der Waals surface area contributed by atoms with Gasteiger partial charge in [-0.25, -0.2) is 13.4 Å². The lowest BCUT2D eigenvalue weighted by molar-refractivity contribution is 0.500. The molecular formula is C22H18N4O3S. The van der Waals surface area contributed by atoms with E-state index in [0.29, 0.717) is 29.1 Å². The van der Waals surface area contributed by atoms with Crippen LogP contribution in [0.25, 0.3) is 16.6 Å². The number of rotatable bonds is 4. The minimum Gasteiger partial charge on any atom is -0.446 e. The summed E-state index contributed by atoms with van der Waals surface area (Å²) in [5.41, 5.74) is 8.03. The summed E-state index contributed by atoms with van der Waals surface area (Å²) in [6.07, 6.45) is 1.55. The first-order valence-corrected chi connectivity index (χ1v) is 10.8. The Hall–Kier alpha value is -3.78. The second-order valence-corrected chi connectivity index (χ2v) is 8.53. The standard InChI is InChI=1S/C22H18N4O3S/c23-21-19-12-13-29-22(19)24-14-26(21)17-10-8-16(9-11-17)25-30(27,28)20-7-3-5-15-4-1-2-6-18(15)20/h1-13,25H,14,23H2. The van der Waals surface area contributed by atoms with E-state index in [2.05, 4.69) is 9.71 Å². The van der Waals surface area contributed by atoms with E-state index >= 15 is 0 Å². The van der Waals surface area contributed by atoms with Crippen molar-refractivity contribution < 1.29 is 12.8 Å². The van der Waals surface area contributed by atoms with E-state index in [0.717, 1.165) is 16.3 Å². The molecule has 2 heterocycles. The molecule has 0 spiro atoms. The van der Waals surface area contributed by atoms with E-state index in [-0.39, 0.29) is 4.90 Å². The number of nitrogens with two attached hydrogens (primary N) is 1. The fraction of sp³-hybridized carbons (Fsp3) is 0.0455. The molecule has 1 aliphatic rings. The molecule has 30 heavy (non-hydrogen) atoms. The molecule has 1 aromatic heterocycles. The number of hydrogen-bond donors (Lipinski definition) is 2. The van der Waals surface area contributed by atoms with Crippen LogP contribution in [0, 0.1) is 0 Å². The zero-order valence-corrected chi connectivity index (χ0v) is 16.6. The Morgan fingerprint density at radius 2 is 1.73 bits per heavy atom. The van der Waals surface area contributed by atoms with E-state index in [1.54, 1.807) is 54.8 Å². The topological polar surface area (TPSA) is 101 Å². The molecule has 150 valence electrons. The first kappa shape index (κ1) is 18.3. The third kappa shape index (κ3) is 3.07. The number of sulfonamides is 1. The van der Waals surface area contributed by atoms with Crippen LogP contribution in [0.15, 0.2) is 93.4 Å². The van der Waals surface area contributed by atoms with Gasteiger partial charge in [0.1, 0.15) is 12.5 Å². The Kier molecular flexibility index (Phi) is 4.22. The van der Waals surface area contributed by atoms with Crippen molar-refractivity contribution >= 4 is 38.0 Å². The number of benzene rings is 3. The molecule has 3 aromatic carbocycles. The van der Waals surface area contributed by atoms with Gasteiger partial charge in [0.2, 0.25) is 5.55 Å². The van der Waals surface area contributed by atoms with Crippen LogP contribution in [0.5, 0.6) is 0 Å². The molecule has 7 nitrogen and oxygen atoms in total. The summed E-state index contributed by atoms with van der Waals surface area (Å²) >= 11 is 0. The average Bonchev–Trinajstić information content (AvgIpc) is 3.24. The molecule has 3 N–H and O–H groups in total. The molecule has 0 radical (unpaired) electrons. The number of furan rings is 1. The molecule has 1 aliphatic heterocycles. The first-order valence-electron chi connectivity index (χ1n) is 9.29. The maximum absolute atomic E-state index is 13.0. The van der Waals surface area contributed by atoms with Crippen molar-refractivity contribution in [2.24, 2.45) is 10.7 Å². The van der Waals surface area contributed by atoms with Gasteiger partial charge >= 0.3 is 0 Å². The van der Waals surface area contributed by atoms with Crippen LogP contribution in [0.4, 0.5) is 11.4 Å². The highest BCUT2D eigenvalue weighted by Crippen LogP contribution is 2.26. The van der Waals surface area contributed by atoms with Gasteiger partial charge in [-0.05, 0) is 41.8 Å². The smallest absolute Gasteiger partial charge is 0.262 e. The molecular weight excluding hydrogens is 400 g/mol. The van der Waals surface area contributed by atoms with Gasteiger partial charge in [0.05, 0.1) is 16.4 Å². The van der Waals surface area contributed by atoms with Crippen molar-refractivity contribution in [2.45, 2.75) is 4.90 Å². The highest BCUT2D eigenvalue weighted by Gasteiger charge is 2.18. The van der Waals surface area contributed by atoms with Gasteiger partial charge in [0, 0.05) is 16.8 Å². The minimum atomic E-state index is -3.75. The Labute approximate surface area is 172 Å². The van der Waals surface area contributed by atoms with Crippen LogP contribution in [0.3, 0.4) is 0 Å². The van der Waals surface area contributed by atoms with E-state index in [9.17, 15) is 8.42 Å². The van der Waals surface area contributed by atoms with Gasteiger partial charge in [0.15, 0.2) is 0 Å². The van der Waals surface area contributed by atoms with Crippen LogP contribution >= 0.6 is 0 Å². The molecule has 0 fully saturated rings. The first-order chi connectivity index (χ1) is 14.5. The Bertz CT molecular complexity index is 1470. The lowest BCUT2D eigenvalue weighted by atomic mass is 10.1. The summed E-state index contributed by atoms with van der Waals surface area (Å²) in [7, 11) is -3.75. The lowest BCUT2D eigenvalue weighted by Crippen LogP contribution is -2.42. The van der Waals surface area contributed by atoms with Crippen LogP contribution in [0.2, 0.25) is 0 Å². The molecule has 0 amide bonds. The molecule has 4 aromatic rings. The van der Waals surface area contributed by atoms with Gasteiger partial charge in [-0.2, -0.15) is 0 Å². The van der Waals surface area contributed by atoms with Gasteiger partial charge in [-0.3, -0.25) is 4.72 Å². The summed E-state index contributed by atoms with van der Waals surface area (Å²) in [6, 6.07) is 21.4. The Morgan fingerprint density at radius 1 is 0.967 bits per heavy atom. The van der Waals surface area contributed by atoms with Crippen molar-refractivity contribution in [2.75, 3.05) is 16.3 Å². The SMILES string of the molecule is NC1=c2ccoc2=NCN1c1ccc(NS(=O)(=O)c2cccc3ccccc23)cc1. The second-order valence-electron chi connectivity index (χ2n) is 6.88. The fourth-order valence-corrected chi connectivity index (χ4v) is 4.83. The highest BCUT2D eigenvalue weighted by molar-refractivity contribution is 7.93. The highest BCUT2D eigenvalue weighted by atomic mass is 32.2. The van der Waals surface area contributed by atoms with Gasteiger partial charge in [-0.15, -0.1) is 0 Å². The molecule has 0 saturated heterocycles. The lowest BCUT2D eigenvalue weighted by Gasteiger charge is -2.24. The maximum Gasteiger partial charge on any atom is 0.262 e. The summed E-state index contributed by atoms with van der Waals surface area (Å²) in [4.78, 5) is 6.43. The van der Waals surface area contributed by atoms with E-state index < -0.39 is 10.0 Å². The summed E-state index contributed by atoms with van der Waals surface area (Å²) in [5, 5.41) is 2.29. The third-order valence-electron chi connectivity index (χ3n) is 5.04. The van der Waals surface area contributed by atoms with E-state index in [1.807, 2.05) is 29.2 Å². The van der Waals surface area contributed by atoms with Gasteiger partial charge < -0.3 is 15.1 Å². The number of hydrogen-bond acceptors (Lipinski definition) is 6.